The zero-order chi connectivity index (χ0) is 11.4. The van der Waals surface area contributed by atoms with Gasteiger partial charge in [0.05, 0.1) is 0 Å². The van der Waals surface area contributed by atoms with Crippen LogP contribution in [0.5, 0.6) is 0 Å². The van der Waals surface area contributed by atoms with Crippen LogP contribution in [-0.4, -0.2) is 36.3 Å². The summed E-state index contributed by atoms with van der Waals surface area (Å²) in [6.07, 6.45) is 0.871. The molecule has 1 unspecified atom stereocenters. The van der Waals surface area contributed by atoms with Crippen LogP contribution < -0.4 is 5.32 Å². The Labute approximate surface area is 91.0 Å². The van der Waals surface area contributed by atoms with Crippen molar-refractivity contribution in [1.82, 2.24) is 10.2 Å². The van der Waals surface area contributed by atoms with Crippen molar-refractivity contribution in [1.29, 1.82) is 0 Å². The van der Waals surface area contributed by atoms with Crippen LogP contribution in [0.2, 0.25) is 0 Å². The number of nitrogens with one attached hydrogen (secondary N) is 1. The van der Waals surface area contributed by atoms with E-state index in [-0.39, 0.29) is 17.7 Å². The highest BCUT2D eigenvalue weighted by Crippen LogP contribution is 2.14. The largest absolute Gasteiger partial charge is 0.355 e. The Morgan fingerprint density at radius 2 is 2.07 bits per heavy atom. The van der Waals surface area contributed by atoms with Gasteiger partial charge in [-0.25, -0.2) is 0 Å². The van der Waals surface area contributed by atoms with Crippen molar-refractivity contribution in [2.45, 2.75) is 27.2 Å². The molecule has 4 heteroatoms. The van der Waals surface area contributed by atoms with Crippen molar-refractivity contribution in [3.8, 4) is 0 Å². The van der Waals surface area contributed by atoms with Gasteiger partial charge < -0.3 is 10.2 Å². The molecule has 1 heterocycles. The maximum Gasteiger partial charge on any atom is 0.222 e. The summed E-state index contributed by atoms with van der Waals surface area (Å²) in [5.74, 6) is 0.786. The molecule has 1 rings (SSSR count). The molecular weight excluding hydrogens is 192 g/mol. The van der Waals surface area contributed by atoms with Gasteiger partial charge in [-0.1, -0.05) is 13.8 Å². The summed E-state index contributed by atoms with van der Waals surface area (Å²) >= 11 is 0. The van der Waals surface area contributed by atoms with Crippen LogP contribution in [0.1, 0.15) is 27.2 Å². The predicted molar refractivity (Wildman–Crippen MR) is 58.2 cm³/mol. The van der Waals surface area contributed by atoms with E-state index in [4.69, 9.17) is 0 Å². The number of nitrogens with zero attached hydrogens (tertiary/aromatic N) is 1. The van der Waals surface area contributed by atoms with E-state index in [1.54, 1.807) is 11.8 Å². The summed E-state index contributed by atoms with van der Waals surface area (Å²) in [5.41, 5.74) is 0. The number of carbonyl (C=O) groups is 2. The molecule has 4 nitrogen and oxygen atoms in total. The fraction of sp³-hybridized carbons (Fsp3) is 0.818. The van der Waals surface area contributed by atoms with E-state index in [9.17, 15) is 9.59 Å². The number of hydrogen-bond acceptors (Lipinski definition) is 2. The van der Waals surface area contributed by atoms with Gasteiger partial charge in [-0.05, 0) is 6.42 Å². The molecule has 0 saturated carbocycles. The van der Waals surface area contributed by atoms with Gasteiger partial charge in [0, 0.05) is 38.4 Å². The van der Waals surface area contributed by atoms with Crippen LogP contribution in [-0.2, 0) is 9.59 Å². The molecule has 0 radical (unpaired) electrons. The minimum atomic E-state index is 0.0917. The molecule has 86 valence electrons. The highest BCUT2D eigenvalue weighted by Gasteiger charge is 2.28. The molecule has 0 aromatic heterocycles. The Morgan fingerprint density at radius 1 is 1.47 bits per heavy atom. The van der Waals surface area contributed by atoms with Crippen molar-refractivity contribution in [3.63, 3.8) is 0 Å². The van der Waals surface area contributed by atoms with E-state index in [0.29, 0.717) is 12.5 Å². The topological polar surface area (TPSA) is 49.4 Å². The third-order valence-electron chi connectivity index (χ3n) is 3.03. The van der Waals surface area contributed by atoms with Gasteiger partial charge in [0.15, 0.2) is 0 Å². The minimum absolute atomic E-state index is 0.0917. The first kappa shape index (κ1) is 12.0. The fourth-order valence-corrected chi connectivity index (χ4v) is 1.56. The Kier molecular flexibility index (Phi) is 4.12. The molecule has 0 aliphatic carbocycles. The van der Waals surface area contributed by atoms with Gasteiger partial charge in [0.2, 0.25) is 11.8 Å². The zero-order valence-corrected chi connectivity index (χ0v) is 9.75. The van der Waals surface area contributed by atoms with E-state index in [1.165, 1.54) is 0 Å². The van der Waals surface area contributed by atoms with Crippen LogP contribution in [0.15, 0.2) is 0 Å². The number of hydrogen-bond donors (Lipinski definition) is 1. The highest BCUT2D eigenvalue weighted by atomic mass is 16.2. The van der Waals surface area contributed by atoms with E-state index >= 15 is 0 Å². The third kappa shape index (κ3) is 3.22. The molecule has 0 aromatic rings. The van der Waals surface area contributed by atoms with Crippen LogP contribution >= 0.6 is 0 Å². The lowest BCUT2D eigenvalue weighted by Gasteiger charge is -2.38. The van der Waals surface area contributed by atoms with Crippen molar-refractivity contribution < 1.29 is 9.59 Å². The van der Waals surface area contributed by atoms with Gasteiger partial charge in [-0.2, -0.15) is 0 Å². The molecule has 0 spiro atoms. The summed E-state index contributed by atoms with van der Waals surface area (Å²) in [5, 5.41) is 2.92. The number of likely N-dealkylation sites (tertiary alicyclic amines) is 1. The average molecular weight is 212 g/mol. The van der Waals surface area contributed by atoms with E-state index in [0.717, 1.165) is 19.5 Å². The van der Waals surface area contributed by atoms with Gasteiger partial charge >= 0.3 is 0 Å². The molecule has 1 saturated heterocycles. The lowest BCUT2D eigenvalue weighted by atomic mass is 9.99. The maximum absolute atomic E-state index is 11.4. The van der Waals surface area contributed by atoms with Crippen LogP contribution in [0, 0.1) is 11.8 Å². The van der Waals surface area contributed by atoms with E-state index < -0.39 is 0 Å². The van der Waals surface area contributed by atoms with E-state index in [2.05, 4.69) is 5.32 Å². The normalized spacial score (nSPS) is 18.2. The SMILES string of the molecule is CCC(C)C(=O)NCC1CN(C(C)=O)C1. The predicted octanol–water partition coefficient (Wildman–Crippen LogP) is 0.627. The Bertz CT molecular complexity index is 247. The molecule has 1 N–H and O–H groups in total. The Morgan fingerprint density at radius 3 is 2.53 bits per heavy atom. The monoisotopic (exact) mass is 212 g/mol. The summed E-state index contributed by atoms with van der Waals surface area (Å²) in [6.45, 7) is 7.79. The average Bonchev–Trinajstić information content (AvgIpc) is 2.13. The van der Waals surface area contributed by atoms with Crippen LogP contribution in [0.25, 0.3) is 0 Å². The standard InChI is InChI=1S/C11H20N2O2/c1-4-8(2)11(15)12-5-10-6-13(7-10)9(3)14/h8,10H,4-7H2,1-3H3,(H,12,15). The summed E-state index contributed by atoms with van der Waals surface area (Å²) < 4.78 is 0. The van der Waals surface area contributed by atoms with Gasteiger partial charge in [-0.15, -0.1) is 0 Å². The second-order valence-corrected chi connectivity index (χ2v) is 4.34. The fourth-order valence-electron chi connectivity index (χ4n) is 1.56. The van der Waals surface area contributed by atoms with Gasteiger partial charge in [0.1, 0.15) is 0 Å². The second-order valence-electron chi connectivity index (χ2n) is 4.34. The lowest BCUT2D eigenvalue weighted by Crippen LogP contribution is -2.53. The van der Waals surface area contributed by atoms with Crippen LogP contribution in [0.4, 0.5) is 0 Å². The smallest absolute Gasteiger partial charge is 0.222 e. The molecule has 1 aliphatic rings. The first-order valence-electron chi connectivity index (χ1n) is 5.57. The van der Waals surface area contributed by atoms with Crippen molar-refractivity contribution >= 4 is 11.8 Å². The van der Waals surface area contributed by atoms with Crippen molar-refractivity contribution in [2.75, 3.05) is 19.6 Å². The molecule has 1 aliphatic heterocycles. The molecule has 2 amide bonds. The molecule has 0 aromatic carbocycles. The van der Waals surface area contributed by atoms with Crippen LogP contribution in [0.3, 0.4) is 0 Å². The molecule has 1 fully saturated rings. The van der Waals surface area contributed by atoms with Gasteiger partial charge in [0.25, 0.3) is 0 Å². The molecule has 1 atom stereocenters. The lowest BCUT2D eigenvalue weighted by molar-refractivity contribution is -0.135. The first-order valence-corrected chi connectivity index (χ1v) is 5.57. The summed E-state index contributed by atoms with van der Waals surface area (Å²) in [4.78, 5) is 24.1. The zero-order valence-electron chi connectivity index (χ0n) is 9.75. The number of amides is 2. The maximum atomic E-state index is 11.4. The molecular formula is C11H20N2O2. The number of rotatable bonds is 4. The minimum Gasteiger partial charge on any atom is -0.355 e. The summed E-state index contributed by atoms with van der Waals surface area (Å²) in [6, 6.07) is 0. The van der Waals surface area contributed by atoms with Crippen molar-refractivity contribution in [3.05, 3.63) is 0 Å². The quantitative estimate of drug-likeness (QED) is 0.743. The summed E-state index contributed by atoms with van der Waals surface area (Å²) in [7, 11) is 0. The first-order chi connectivity index (χ1) is 7.04. The van der Waals surface area contributed by atoms with Gasteiger partial charge in [-0.3, -0.25) is 9.59 Å². The molecule has 0 bridgehead atoms. The third-order valence-corrected chi connectivity index (χ3v) is 3.03. The van der Waals surface area contributed by atoms with Crippen molar-refractivity contribution in [2.24, 2.45) is 11.8 Å². The highest BCUT2D eigenvalue weighted by molar-refractivity contribution is 5.78. The number of carbonyl (C=O) groups excluding carboxylic acids is 2. The van der Waals surface area contributed by atoms with E-state index in [1.807, 2.05) is 13.8 Å². The Hall–Kier alpha value is -1.06. The Balaban J connectivity index is 2.13. The second kappa shape index (κ2) is 5.14. The molecule has 15 heavy (non-hydrogen) atoms.